The molecule has 5 nitrogen and oxygen atoms in total. The van der Waals surface area contributed by atoms with Gasteiger partial charge in [-0.1, -0.05) is 0 Å². The largest absolute Gasteiger partial charge is 0.444 e. The zero-order valence-electron chi connectivity index (χ0n) is 10.9. The third-order valence-electron chi connectivity index (χ3n) is 2.68. The third kappa shape index (κ3) is 3.22. The van der Waals surface area contributed by atoms with Crippen molar-refractivity contribution >= 4 is 11.8 Å². The molecule has 1 rings (SSSR count). The van der Waals surface area contributed by atoms with E-state index in [1.165, 1.54) is 6.20 Å². The number of hydrogen-bond acceptors (Lipinski definition) is 4. The van der Waals surface area contributed by atoms with E-state index in [9.17, 15) is 4.79 Å². The van der Waals surface area contributed by atoms with Crippen LogP contribution in [-0.2, 0) is 4.74 Å². The molecule has 1 heterocycles. The van der Waals surface area contributed by atoms with Crippen LogP contribution in [0.2, 0.25) is 0 Å². The monoisotopic (exact) mass is 239 g/mol. The highest BCUT2D eigenvalue weighted by atomic mass is 16.6. The lowest BCUT2D eigenvalue weighted by atomic mass is 9.96. The van der Waals surface area contributed by atoms with Gasteiger partial charge >= 0.3 is 6.09 Å². The second-order valence-corrected chi connectivity index (χ2v) is 5.20. The molecule has 0 aromatic rings. The lowest BCUT2D eigenvalue weighted by Gasteiger charge is -2.36. The van der Waals surface area contributed by atoms with Crippen LogP contribution in [0, 0.1) is 5.41 Å². The molecule has 1 aliphatic rings. The highest BCUT2D eigenvalue weighted by molar-refractivity contribution is 6.00. The van der Waals surface area contributed by atoms with Gasteiger partial charge < -0.3 is 20.8 Å². The Bertz CT molecular complexity index is 355. The van der Waals surface area contributed by atoms with Crippen LogP contribution in [0.3, 0.4) is 0 Å². The van der Waals surface area contributed by atoms with Crippen LogP contribution in [0.25, 0.3) is 0 Å². The summed E-state index contributed by atoms with van der Waals surface area (Å²) >= 11 is 0. The average Bonchev–Trinajstić information content (AvgIpc) is 2.15. The van der Waals surface area contributed by atoms with Crippen molar-refractivity contribution in [1.29, 1.82) is 5.41 Å². The minimum atomic E-state index is -0.506. The molecule has 5 heteroatoms. The number of rotatable bonds is 0. The smallest absolute Gasteiger partial charge is 0.410 e. The molecule has 0 saturated carbocycles. The first-order valence-corrected chi connectivity index (χ1v) is 5.75. The van der Waals surface area contributed by atoms with Crippen molar-refractivity contribution in [3.8, 4) is 0 Å². The summed E-state index contributed by atoms with van der Waals surface area (Å²) in [6.07, 6.45) is 1.58. The number of ether oxygens (including phenoxy) is 1. The summed E-state index contributed by atoms with van der Waals surface area (Å²) in [7, 11) is 0. The number of nitrogens with one attached hydrogen (secondary N) is 1. The fourth-order valence-corrected chi connectivity index (χ4v) is 1.80. The first kappa shape index (κ1) is 13.5. The summed E-state index contributed by atoms with van der Waals surface area (Å²) in [4.78, 5) is 13.6. The van der Waals surface area contributed by atoms with E-state index in [1.807, 2.05) is 27.7 Å². The summed E-state index contributed by atoms with van der Waals surface area (Å²) in [6, 6.07) is -0.198. The Morgan fingerprint density at radius 1 is 1.59 bits per heavy atom. The lowest BCUT2D eigenvalue weighted by molar-refractivity contribution is 0.0203. The van der Waals surface area contributed by atoms with Gasteiger partial charge in [0, 0.05) is 30.5 Å². The third-order valence-corrected chi connectivity index (χ3v) is 2.68. The Kier molecular flexibility index (Phi) is 3.80. The standard InChI is InChI=1S/C12H21N3O2/c1-8-9(7-13)10(14)5-6-15(8)11(16)17-12(2,3)4/h7-8,14H,5-6,13H2,1-4H3/b9-7-,14-10?/t8-/m1/s1. The van der Waals surface area contributed by atoms with Gasteiger partial charge in [-0.15, -0.1) is 0 Å². The first-order chi connectivity index (χ1) is 7.76. The lowest BCUT2D eigenvalue weighted by Crippen LogP contribution is -2.48. The van der Waals surface area contributed by atoms with E-state index in [2.05, 4.69) is 0 Å². The van der Waals surface area contributed by atoms with Gasteiger partial charge in [0.1, 0.15) is 5.60 Å². The van der Waals surface area contributed by atoms with E-state index < -0.39 is 5.60 Å². The molecule has 0 aliphatic carbocycles. The van der Waals surface area contributed by atoms with Crippen LogP contribution >= 0.6 is 0 Å². The molecule has 0 unspecified atom stereocenters. The van der Waals surface area contributed by atoms with Gasteiger partial charge in [0.25, 0.3) is 0 Å². The molecule has 1 aliphatic heterocycles. The Hall–Kier alpha value is -1.52. The number of nitrogens with zero attached hydrogens (tertiary/aromatic N) is 1. The molecular weight excluding hydrogens is 218 g/mol. The van der Waals surface area contributed by atoms with Crippen LogP contribution in [0.1, 0.15) is 34.1 Å². The molecule has 0 aromatic carbocycles. The molecule has 0 bridgehead atoms. The average molecular weight is 239 g/mol. The van der Waals surface area contributed by atoms with Crippen molar-refractivity contribution in [1.82, 2.24) is 4.90 Å². The predicted octanol–water partition coefficient (Wildman–Crippen LogP) is 1.88. The van der Waals surface area contributed by atoms with E-state index in [4.69, 9.17) is 15.9 Å². The minimum absolute atomic E-state index is 0.198. The van der Waals surface area contributed by atoms with Crippen molar-refractivity contribution in [3.05, 3.63) is 11.8 Å². The van der Waals surface area contributed by atoms with Gasteiger partial charge in [-0.25, -0.2) is 4.79 Å². The van der Waals surface area contributed by atoms with Gasteiger partial charge in [-0.3, -0.25) is 0 Å². The summed E-state index contributed by atoms with van der Waals surface area (Å²) in [6.45, 7) is 7.87. The Morgan fingerprint density at radius 2 is 2.18 bits per heavy atom. The molecule has 17 heavy (non-hydrogen) atoms. The summed E-state index contributed by atoms with van der Waals surface area (Å²) in [5, 5.41) is 7.76. The maximum Gasteiger partial charge on any atom is 0.410 e. The number of carbonyl (C=O) groups is 1. The second kappa shape index (κ2) is 4.77. The molecule has 1 atom stereocenters. The van der Waals surface area contributed by atoms with Gasteiger partial charge in [0.05, 0.1) is 6.04 Å². The zero-order chi connectivity index (χ0) is 13.2. The van der Waals surface area contributed by atoms with Gasteiger partial charge in [-0.05, 0) is 27.7 Å². The highest BCUT2D eigenvalue weighted by Crippen LogP contribution is 2.21. The number of nitrogens with two attached hydrogens (primary N) is 1. The Labute approximate surface area is 102 Å². The van der Waals surface area contributed by atoms with E-state index >= 15 is 0 Å². The molecule has 3 N–H and O–H groups in total. The van der Waals surface area contributed by atoms with Crippen molar-refractivity contribution in [2.24, 2.45) is 5.73 Å². The van der Waals surface area contributed by atoms with Gasteiger partial charge in [0.2, 0.25) is 0 Å². The number of hydrogen-bond donors (Lipinski definition) is 2. The van der Waals surface area contributed by atoms with Crippen LogP contribution in [0.15, 0.2) is 11.8 Å². The van der Waals surface area contributed by atoms with Crippen molar-refractivity contribution in [2.75, 3.05) is 6.54 Å². The van der Waals surface area contributed by atoms with E-state index in [0.29, 0.717) is 24.3 Å². The first-order valence-electron chi connectivity index (χ1n) is 5.75. The quantitative estimate of drug-likeness (QED) is 0.677. The highest BCUT2D eigenvalue weighted by Gasteiger charge is 2.32. The fourth-order valence-electron chi connectivity index (χ4n) is 1.80. The van der Waals surface area contributed by atoms with E-state index in [0.717, 1.165) is 0 Å². The summed E-state index contributed by atoms with van der Waals surface area (Å²) < 4.78 is 5.32. The maximum atomic E-state index is 12.0. The summed E-state index contributed by atoms with van der Waals surface area (Å²) in [5.74, 6) is 0. The number of carbonyl (C=O) groups excluding carboxylic acids is 1. The molecule has 0 radical (unpaired) electrons. The SMILES string of the molecule is C[C@@H]1/C(=C/N)C(=N)CCN1C(=O)OC(C)(C)C. The van der Waals surface area contributed by atoms with Crippen LogP contribution in [0.5, 0.6) is 0 Å². The topological polar surface area (TPSA) is 79.4 Å². The Morgan fingerprint density at radius 3 is 2.65 bits per heavy atom. The van der Waals surface area contributed by atoms with Gasteiger partial charge in [-0.2, -0.15) is 0 Å². The van der Waals surface area contributed by atoms with E-state index in [1.54, 1.807) is 4.90 Å². The molecule has 1 saturated heterocycles. The summed E-state index contributed by atoms with van der Waals surface area (Å²) in [5.41, 5.74) is 6.18. The zero-order valence-corrected chi connectivity index (χ0v) is 10.9. The molecule has 0 spiro atoms. The van der Waals surface area contributed by atoms with Gasteiger partial charge in [0.15, 0.2) is 0 Å². The molecular formula is C12H21N3O2. The molecule has 1 amide bonds. The number of likely N-dealkylation sites (tertiary alicyclic amines) is 1. The van der Waals surface area contributed by atoms with Crippen molar-refractivity contribution in [3.63, 3.8) is 0 Å². The van der Waals surface area contributed by atoms with Crippen molar-refractivity contribution in [2.45, 2.75) is 45.8 Å². The second-order valence-electron chi connectivity index (χ2n) is 5.20. The predicted molar refractivity (Wildman–Crippen MR) is 67.0 cm³/mol. The van der Waals surface area contributed by atoms with Crippen LogP contribution in [-0.4, -0.2) is 34.9 Å². The van der Waals surface area contributed by atoms with Crippen molar-refractivity contribution < 1.29 is 9.53 Å². The molecule has 96 valence electrons. The molecule has 0 aromatic heterocycles. The number of piperidine rings is 1. The normalized spacial score (nSPS) is 24.0. The maximum absolute atomic E-state index is 12.0. The van der Waals surface area contributed by atoms with Crippen LogP contribution in [0.4, 0.5) is 4.79 Å². The molecule has 1 fully saturated rings. The fraction of sp³-hybridized carbons (Fsp3) is 0.667. The van der Waals surface area contributed by atoms with Crippen LogP contribution < -0.4 is 5.73 Å². The minimum Gasteiger partial charge on any atom is -0.444 e. The van der Waals surface area contributed by atoms with E-state index in [-0.39, 0.29) is 12.1 Å². The Balaban J connectivity index is 2.79. The number of amides is 1.